The van der Waals surface area contributed by atoms with Gasteiger partial charge >= 0.3 is 0 Å². The fourth-order valence-corrected chi connectivity index (χ4v) is 3.69. The van der Waals surface area contributed by atoms with Gasteiger partial charge in [0, 0.05) is 37.8 Å². The van der Waals surface area contributed by atoms with E-state index in [2.05, 4.69) is 54.7 Å². The van der Waals surface area contributed by atoms with Crippen LogP contribution in [0.5, 0.6) is 0 Å². The molecule has 0 spiro atoms. The molecule has 1 saturated heterocycles. The van der Waals surface area contributed by atoms with Gasteiger partial charge in [-0.25, -0.2) is 0 Å². The third-order valence-corrected chi connectivity index (χ3v) is 5.06. The van der Waals surface area contributed by atoms with Crippen LogP contribution in [0.25, 0.3) is 0 Å². The molecule has 1 aliphatic heterocycles. The number of nitrogens with zero attached hydrogens (tertiary/aromatic N) is 2. The van der Waals surface area contributed by atoms with Gasteiger partial charge in [-0.2, -0.15) is 5.10 Å². The lowest BCUT2D eigenvalue weighted by molar-refractivity contribution is -0.126. The third-order valence-electron chi connectivity index (χ3n) is 5.06. The number of rotatable bonds is 5. The summed E-state index contributed by atoms with van der Waals surface area (Å²) in [6.45, 7) is 7.85. The zero-order chi connectivity index (χ0) is 18.0. The molecule has 2 N–H and O–H groups in total. The van der Waals surface area contributed by atoms with E-state index >= 15 is 0 Å². The first kappa shape index (κ1) is 20.5. The highest BCUT2D eigenvalue weighted by Crippen LogP contribution is 2.28. The van der Waals surface area contributed by atoms with Crippen LogP contribution in [0, 0.1) is 12.8 Å². The van der Waals surface area contributed by atoms with E-state index in [9.17, 15) is 4.79 Å². The fourth-order valence-electron chi connectivity index (χ4n) is 3.69. The molecular weight excluding hydrogens is 348 g/mol. The minimum absolute atomic E-state index is 0. The van der Waals surface area contributed by atoms with E-state index < -0.39 is 0 Å². The van der Waals surface area contributed by atoms with Crippen molar-refractivity contribution in [1.82, 2.24) is 20.4 Å². The van der Waals surface area contributed by atoms with Crippen LogP contribution in [0.1, 0.15) is 36.5 Å². The van der Waals surface area contributed by atoms with E-state index in [-0.39, 0.29) is 35.7 Å². The third kappa shape index (κ3) is 4.65. The summed E-state index contributed by atoms with van der Waals surface area (Å²) < 4.78 is 1.80. The van der Waals surface area contributed by atoms with E-state index in [0.29, 0.717) is 6.54 Å². The second-order valence-corrected chi connectivity index (χ2v) is 7.79. The number of halogens is 1. The van der Waals surface area contributed by atoms with Gasteiger partial charge in [-0.3, -0.25) is 9.48 Å². The molecule has 3 rings (SSSR count). The first-order valence-corrected chi connectivity index (χ1v) is 8.91. The first-order chi connectivity index (χ1) is 11.9. The van der Waals surface area contributed by atoms with Gasteiger partial charge in [0.25, 0.3) is 0 Å². The molecule has 0 aliphatic carbocycles. The van der Waals surface area contributed by atoms with Crippen molar-refractivity contribution >= 4 is 18.3 Å². The van der Waals surface area contributed by atoms with Crippen LogP contribution in [0.3, 0.4) is 0 Å². The molecule has 0 unspecified atom stereocenters. The number of hydrogen-bond donors (Lipinski definition) is 2. The molecule has 1 aromatic carbocycles. The van der Waals surface area contributed by atoms with E-state index in [1.807, 2.05) is 25.5 Å². The van der Waals surface area contributed by atoms with Crippen LogP contribution in [0.2, 0.25) is 0 Å². The van der Waals surface area contributed by atoms with Gasteiger partial charge in [0.2, 0.25) is 5.91 Å². The van der Waals surface area contributed by atoms with Crippen molar-refractivity contribution in [3.8, 4) is 0 Å². The number of aryl methyl sites for hydroxylation is 2. The Kier molecular flexibility index (Phi) is 6.48. The maximum absolute atomic E-state index is 12.9. The molecule has 0 saturated carbocycles. The van der Waals surface area contributed by atoms with Crippen LogP contribution >= 0.6 is 12.4 Å². The van der Waals surface area contributed by atoms with Crippen LogP contribution in [-0.4, -0.2) is 34.3 Å². The van der Waals surface area contributed by atoms with E-state index in [4.69, 9.17) is 0 Å². The Bertz CT molecular complexity index is 756. The largest absolute Gasteiger partial charge is 0.351 e. The van der Waals surface area contributed by atoms with Gasteiger partial charge in [0.15, 0.2) is 0 Å². The molecule has 2 aromatic rings. The van der Waals surface area contributed by atoms with Crippen molar-refractivity contribution in [2.45, 2.75) is 38.6 Å². The maximum Gasteiger partial charge on any atom is 0.225 e. The first-order valence-electron chi connectivity index (χ1n) is 8.91. The second kappa shape index (κ2) is 8.23. The molecule has 0 bridgehead atoms. The molecule has 142 valence electrons. The number of carbonyl (C=O) groups excluding carboxylic acids is 1. The summed E-state index contributed by atoms with van der Waals surface area (Å²) in [5.41, 5.74) is 3.39. The summed E-state index contributed by atoms with van der Waals surface area (Å²) in [5.74, 6) is 0.251. The molecular formula is C20H29ClN4O. The lowest BCUT2D eigenvalue weighted by atomic mass is 9.87. The lowest BCUT2D eigenvalue weighted by Crippen LogP contribution is -2.48. The highest BCUT2D eigenvalue weighted by molar-refractivity contribution is 5.85. The standard InChI is InChI=1S/C20H28N4O.ClH/c1-14-7-5-6-8-15(14)9-20(2,3)23-19(25)18-12-21-11-17(18)16-10-22-24(4)13-16;/h5-8,10,13,17-18,21H,9,11-12H2,1-4H3,(H,23,25);1H/t17-,18+;/m1./s1. The van der Waals surface area contributed by atoms with Crippen molar-refractivity contribution in [3.63, 3.8) is 0 Å². The summed E-state index contributed by atoms with van der Waals surface area (Å²) in [6.07, 6.45) is 4.70. The van der Waals surface area contributed by atoms with E-state index in [0.717, 1.165) is 18.5 Å². The Hall–Kier alpha value is -1.85. The SMILES string of the molecule is Cc1ccccc1CC(C)(C)NC(=O)[C@H]1CNC[C@@H]1c1cnn(C)c1.Cl. The molecule has 0 radical (unpaired) electrons. The number of carbonyl (C=O) groups is 1. The number of benzene rings is 1. The van der Waals surface area contributed by atoms with Crippen molar-refractivity contribution < 1.29 is 4.79 Å². The number of hydrogen-bond acceptors (Lipinski definition) is 3. The van der Waals surface area contributed by atoms with E-state index in [1.165, 1.54) is 11.1 Å². The van der Waals surface area contributed by atoms with Gasteiger partial charge < -0.3 is 10.6 Å². The summed E-state index contributed by atoms with van der Waals surface area (Å²) in [4.78, 5) is 12.9. The molecule has 1 fully saturated rings. The maximum atomic E-state index is 12.9. The predicted molar refractivity (Wildman–Crippen MR) is 107 cm³/mol. The number of nitrogens with one attached hydrogen (secondary N) is 2. The topological polar surface area (TPSA) is 59.0 Å². The number of aromatic nitrogens is 2. The molecule has 26 heavy (non-hydrogen) atoms. The molecule has 2 heterocycles. The summed E-state index contributed by atoms with van der Waals surface area (Å²) in [7, 11) is 1.91. The average Bonchev–Trinajstić information content (AvgIpc) is 3.17. The summed E-state index contributed by atoms with van der Waals surface area (Å²) in [5, 5.41) is 10.9. The van der Waals surface area contributed by atoms with Crippen LogP contribution in [-0.2, 0) is 18.3 Å². The Labute approximate surface area is 162 Å². The highest BCUT2D eigenvalue weighted by Gasteiger charge is 2.36. The van der Waals surface area contributed by atoms with Crippen LogP contribution in [0.4, 0.5) is 0 Å². The zero-order valence-electron chi connectivity index (χ0n) is 16.0. The smallest absolute Gasteiger partial charge is 0.225 e. The summed E-state index contributed by atoms with van der Waals surface area (Å²) >= 11 is 0. The van der Waals surface area contributed by atoms with Gasteiger partial charge in [-0.1, -0.05) is 24.3 Å². The molecule has 1 aliphatic rings. The van der Waals surface area contributed by atoms with Crippen LogP contribution in [0.15, 0.2) is 36.7 Å². The lowest BCUT2D eigenvalue weighted by Gasteiger charge is -2.30. The van der Waals surface area contributed by atoms with Crippen molar-refractivity contribution in [2.24, 2.45) is 13.0 Å². The van der Waals surface area contributed by atoms with Crippen LogP contribution < -0.4 is 10.6 Å². The monoisotopic (exact) mass is 376 g/mol. The predicted octanol–water partition coefficient (Wildman–Crippen LogP) is 2.59. The minimum Gasteiger partial charge on any atom is -0.351 e. The normalized spacial score (nSPS) is 19.8. The van der Waals surface area contributed by atoms with Gasteiger partial charge in [-0.05, 0) is 43.9 Å². The Morgan fingerprint density at radius 3 is 2.73 bits per heavy atom. The molecule has 1 aromatic heterocycles. The van der Waals surface area contributed by atoms with Gasteiger partial charge in [-0.15, -0.1) is 12.4 Å². The molecule has 6 heteroatoms. The van der Waals surface area contributed by atoms with Crippen molar-refractivity contribution in [1.29, 1.82) is 0 Å². The minimum atomic E-state index is -0.286. The molecule has 2 atom stereocenters. The van der Waals surface area contributed by atoms with E-state index in [1.54, 1.807) is 4.68 Å². The van der Waals surface area contributed by atoms with Gasteiger partial charge in [0.1, 0.15) is 0 Å². The highest BCUT2D eigenvalue weighted by atomic mass is 35.5. The van der Waals surface area contributed by atoms with Crippen molar-refractivity contribution in [2.75, 3.05) is 13.1 Å². The quantitative estimate of drug-likeness (QED) is 0.843. The Balaban J connectivity index is 0.00000243. The Morgan fingerprint density at radius 1 is 1.35 bits per heavy atom. The van der Waals surface area contributed by atoms with Crippen molar-refractivity contribution in [3.05, 3.63) is 53.3 Å². The Morgan fingerprint density at radius 2 is 2.08 bits per heavy atom. The average molecular weight is 377 g/mol. The molecule has 5 nitrogen and oxygen atoms in total. The fraction of sp³-hybridized carbons (Fsp3) is 0.500. The molecule has 1 amide bonds. The number of amides is 1. The zero-order valence-corrected chi connectivity index (χ0v) is 16.8. The second-order valence-electron chi connectivity index (χ2n) is 7.79. The summed E-state index contributed by atoms with van der Waals surface area (Å²) in [6, 6.07) is 8.36. The van der Waals surface area contributed by atoms with Gasteiger partial charge in [0.05, 0.1) is 12.1 Å².